The Morgan fingerprint density at radius 3 is 1.39 bits per heavy atom. The van der Waals surface area contributed by atoms with Gasteiger partial charge >= 0.3 is 0 Å². The molecule has 0 aliphatic heterocycles. The van der Waals surface area contributed by atoms with Crippen LogP contribution in [-0.2, 0) is 31.3 Å². The monoisotopic (exact) mass is 406 g/mol. The number of hydrogen-bond donors (Lipinski definition) is 0. The van der Waals surface area contributed by atoms with Crippen molar-refractivity contribution in [1.82, 2.24) is 0 Å². The van der Waals surface area contributed by atoms with Gasteiger partial charge in [0.15, 0.2) is 24.8 Å². The zero-order valence-electron chi connectivity index (χ0n) is 18.5. The molecule has 2 heteroatoms. The number of benzene rings is 2. The Hall–Kier alpha value is -3.26. The normalized spacial score (nSPS) is 13.6. The zero-order chi connectivity index (χ0) is 21.3. The summed E-state index contributed by atoms with van der Waals surface area (Å²) in [5, 5.41) is 0. The Balaban J connectivity index is 1.79. The molecule has 0 bridgehead atoms. The van der Waals surface area contributed by atoms with Gasteiger partial charge in [-0.25, -0.2) is 9.13 Å². The minimum absolute atomic E-state index is 0.0935. The molecule has 0 unspecified atom stereocenters. The first-order valence-electron chi connectivity index (χ1n) is 11.4. The van der Waals surface area contributed by atoms with Crippen molar-refractivity contribution in [2.75, 3.05) is 0 Å². The molecule has 5 rings (SSSR count). The number of pyridine rings is 2. The molecule has 154 valence electrons. The lowest BCUT2D eigenvalue weighted by Crippen LogP contribution is -2.39. The lowest BCUT2D eigenvalue weighted by atomic mass is 9.70. The van der Waals surface area contributed by atoms with E-state index in [9.17, 15) is 0 Å². The molecule has 2 aromatic carbocycles. The van der Waals surface area contributed by atoms with Crippen molar-refractivity contribution in [2.24, 2.45) is 0 Å². The molecule has 0 amide bonds. The average Bonchev–Trinajstić information content (AvgIpc) is 3.08. The minimum Gasteiger partial charge on any atom is -0.205 e. The first-order chi connectivity index (χ1) is 15.2. The molecule has 2 heterocycles. The third-order valence-corrected chi connectivity index (χ3v) is 6.78. The van der Waals surface area contributed by atoms with Gasteiger partial charge in [-0.05, 0) is 48.9 Å². The van der Waals surface area contributed by atoms with Gasteiger partial charge in [0.05, 0.1) is 0 Å². The molecule has 1 aliphatic carbocycles. The summed E-state index contributed by atoms with van der Waals surface area (Å²) >= 11 is 0. The Morgan fingerprint density at radius 1 is 0.581 bits per heavy atom. The maximum absolute atomic E-state index is 2.40. The quantitative estimate of drug-likeness (QED) is 0.396. The van der Waals surface area contributed by atoms with Crippen molar-refractivity contribution >= 4 is 0 Å². The highest BCUT2D eigenvalue weighted by Crippen LogP contribution is 2.51. The highest BCUT2D eigenvalue weighted by atomic mass is 14.9. The van der Waals surface area contributed by atoms with E-state index in [2.05, 4.69) is 121 Å². The summed E-state index contributed by atoms with van der Waals surface area (Å²) in [6.07, 6.45) is 11.2. The van der Waals surface area contributed by atoms with E-state index >= 15 is 0 Å². The second kappa shape index (κ2) is 8.11. The van der Waals surface area contributed by atoms with E-state index in [0.29, 0.717) is 0 Å². The van der Waals surface area contributed by atoms with Crippen molar-refractivity contribution in [3.05, 3.63) is 120 Å². The van der Waals surface area contributed by atoms with E-state index < -0.39 is 0 Å². The predicted octanol–water partition coefficient (Wildman–Crippen LogP) is 5.05. The Morgan fingerprint density at radius 2 is 1.00 bits per heavy atom. The first-order valence-corrected chi connectivity index (χ1v) is 11.4. The molecule has 0 saturated heterocycles. The maximum Gasteiger partial charge on any atom is 0.173 e. The Bertz CT molecular complexity index is 1100. The molecule has 31 heavy (non-hydrogen) atoms. The van der Waals surface area contributed by atoms with Gasteiger partial charge in [0.2, 0.25) is 0 Å². The summed E-state index contributed by atoms with van der Waals surface area (Å²) in [6, 6.07) is 26.6. The summed E-state index contributed by atoms with van der Waals surface area (Å²) in [5.74, 6) is 0. The highest BCUT2D eigenvalue weighted by molar-refractivity contribution is 5.80. The number of fused-ring (bicyclic) bond motifs is 3. The van der Waals surface area contributed by atoms with E-state index in [1.807, 2.05) is 0 Å². The van der Waals surface area contributed by atoms with Crippen LogP contribution in [0.25, 0.3) is 11.1 Å². The largest absolute Gasteiger partial charge is 0.205 e. The lowest BCUT2D eigenvalue weighted by molar-refractivity contribution is -0.694. The van der Waals surface area contributed by atoms with Crippen LogP contribution in [-0.4, -0.2) is 0 Å². The van der Waals surface area contributed by atoms with Crippen LogP contribution in [0.5, 0.6) is 0 Å². The third kappa shape index (κ3) is 3.46. The van der Waals surface area contributed by atoms with Gasteiger partial charge in [-0.3, -0.25) is 0 Å². The van der Waals surface area contributed by atoms with E-state index in [0.717, 1.165) is 25.9 Å². The van der Waals surface area contributed by atoms with Crippen LogP contribution in [0.3, 0.4) is 0 Å². The summed E-state index contributed by atoms with van der Waals surface area (Å²) in [4.78, 5) is 0. The smallest absolute Gasteiger partial charge is 0.173 e. The number of aromatic nitrogens is 2. The van der Waals surface area contributed by atoms with Gasteiger partial charge in [0.25, 0.3) is 0 Å². The Kier molecular flexibility index (Phi) is 5.15. The molecule has 0 N–H and O–H groups in total. The first kappa shape index (κ1) is 19.7. The molecule has 2 aromatic heterocycles. The molecule has 0 saturated carbocycles. The Labute approximate surface area is 185 Å². The second-order valence-electron chi connectivity index (χ2n) is 8.61. The molecule has 4 aromatic rings. The predicted molar refractivity (Wildman–Crippen MR) is 125 cm³/mol. The average molecular weight is 407 g/mol. The summed E-state index contributed by atoms with van der Waals surface area (Å²) in [6.45, 7) is 6.39. The maximum atomic E-state index is 2.40. The van der Waals surface area contributed by atoms with Crippen LogP contribution in [0.4, 0.5) is 0 Å². The van der Waals surface area contributed by atoms with Crippen molar-refractivity contribution < 1.29 is 9.13 Å². The van der Waals surface area contributed by atoms with Crippen molar-refractivity contribution in [1.29, 1.82) is 0 Å². The standard InChI is InChI=1S/C29H30N2/c1-3-30-17-15-25-26-16-18-31(4-2)22-28(26)29(27(25)21-30,19-23-11-7-5-8-12-23)20-24-13-9-6-10-14-24/h5-18,21-22H,3-4,19-20H2,1-2H3/q+2. The van der Waals surface area contributed by atoms with Crippen LogP contribution in [0, 0.1) is 0 Å². The molecule has 1 aliphatic rings. The molecular weight excluding hydrogens is 376 g/mol. The van der Waals surface area contributed by atoms with Crippen LogP contribution in [0.1, 0.15) is 36.1 Å². The molecule has 0 radical (unpaired) electrons. The summed E-state index contributed by atoms with van der Waals surface area (Å²) < 4.78 is 4.65. The van der Waals surface area contributed by atoms with Gasteiger partial charge in [-0.15, -0.1) is 0 Å². The minimum atomic E-state index is -0.0935. The summed E-state index contributed by atoms with van der Waals surface area (Å²) in [5.41, 5.74) is 8.35. The number of hydrogen-bond acceptors (Lipinski definition) is 0. The van der Waals surface area contributed by atoms with E-state index in [4.69, 9.17) is 0 Å². The van der Waals surface area contributed by atoms with E-state index in [1.54, 1.807) is 0 Å². The van der Waals surface area contributed by atoms with Gasteiger partial charge < -0.3 is 0 Å². The SMILES string of the molecule is CC[n+]1ccc2c(c1)C(Cc1ccccc1)(Cc1ccccc1)c1c[n+](CC)ccc1-2. The van der Waals surface area contributed by atoms with Gasteiger partial charge in [-0.2, -0.15) is 0 Å². The number of rotatable bonds is 6. The number of nitrogens with zero attached hydrogens (tertiary/aromatic N) is 2. The van der Waals surface area contributed by atoms with Gasteiger partial charge in [0, 0.05) is 28.7 Å². The molecule has 2 nitrogen and oxygen atoms in total. The van der Waals surface area contributed by atoms with Crippen LogP contribution >= 0.6 is 0 Å². The lowest BCUT2D eigenvalue weighted by Gasteiger charge is -2.31. The molecule has 0 fully saturated rings. The van der Waals surface area contributed by atoms with Crippen molar-refractivity contribution in [3.8, 4) is 11.1 Å². The summed E-state index contributed by atoms with van der Waals surface area (Å²) in [7, 11) is 0. The van der Waals surface area contributed by atoms with Crippen LogP contribution < -0.4 is 9.13 Å². The fourth-order valence-electron chi connectivity index (χ4n) is 5.18. The fourth-order valence-corrected chi connectivity index (χ4v) is 5.18. The van der Waals surface area contributed by atoms with Crippen molar-refractivity contribution in [3.63, 3.8) is 0 Å². The van der Waals surface area contributed by atoms with Crippen LogP contribution in [0.2, 0.25) is 0 Å². The topological polar surface area (TPSA) is 7.76 Å². The van der Waals surface area contributed by atoms with E-state index in [1.165, 1.54) is 33.4 Å². The highest BCUT2D eigenvalue weighted by Gasteiger charge is 2.47. The van der Waals surface area contributed by atoms with Crippen LogP contribution in [0.15, 0.2) is 97.6 Å². The third-order valence-electron chi connectivity index (χ3n) is 6.78. The van der Waals surface area contributed by atoms with Crippen molar-refractivity contribution in [2.45, 2.75) is 45.2 Å². The molecule has 0 spiro atoms. The zero-order valence-corrected chi connectivity index (χ0v) is 18.5. The van der Waals surface area contributed by atoms with Gasteiger partial charge in [-0.1, -0.05) is 60.7 Å². The second-order valence-corrected chi connectivity index (χ2v) is 8.61. The van der Waals surface area contributed by atoms with E-state index in [-0.39, 0.29) is 5.41 Å². The van der Waals surface area contributed by atoms with Gasteiger partial charge in [0.1, 0.15) is 13.1 Å². The fraction of sp³-hybridized carbons (Fsp3) is 0.241. The molecular formula is C29H30N2+2. The molecule has 0 atom stereocenters. The number of aryl methyl sites for hydroxylation is 2.